The van der Waals surface area contributed by atoms with Crippen molar-refractivity contribution in [1.82, 2.24) is 10.2 Å². The zero-order valence-electron chi connectivity index (χ0n) is 13.4. The first-order valence-electron chi connectivity index (χ1n) is 7.59. The van der Waals surface area contributed by atoms with E-state index in [9.17, 15) is 13.2 Å². The van der Waals surface area contributed by atoms with Gasteiger partial charge < -0.3 is 5.32 Å². The summed E-state index contributed by atoms with van der Waals surface area (Å²) in [6.45, 7) is 7.47. The number of hydrogen-bond donors (Lipinski definition) is 1. The molecule has 1 aliphatic heterocycles. The van der Waals surface area contributed by atoms with Gasteiger partial charge in [-0.1, -0.05) is 19.9 Å². The molecule has 0 amide bonds. The highest BCUT2D eigenvalue weighted by molar-refractivity contribution is 5.85. The van der Waals surface area contributed by atoms with Gasteiger partial charge in [-0.25, -0.2) is 13.2 Å². The van der Waals surface area contributed by atoms with Crippen LogP contribution in [0.4, 0.5) is 13.2 Å². The van der Waals surface area contributed by atoms with Crippen LogP contribution in [0.15, 0.2) is 12.1 Å². The minimum absolute atomic E-state index is 0. The van der Waals surface area contributed by atoms with Crippen LogP contribution >= 0.6 is 24.8 Å². The Morgan fingerprint density at radius 1 is 1.00 bits per heavy atom. The summed E-state index contributed by atoms with van der Waals surface area (Å²) in [6.07, 6.45) is 1.67. The first kappa shape index (κ1) is 22.5. The Morgan fingerprint density at radius 2 is 1.61 bits per heavy atom. The summed E-state index contributed by atoms with van der Waals surface area (Å²) in [5, 5.41) is 3.25. The number of nitrogens with one attached hydrogen (secondary N) is 1. The Bertz CT molecular complexity index is 481. The van der Waals surface area contributed by atoms with Crippen LogP contribution in [0.1, 0.15) is 38.3 Å². The number of halogens is 5. The molecule has 0 bridgehead atoms. The molecule has 0 unspecified atom stereocenters. The third kappa shape index (κ3) is 5.82. The molecule has 134 valence electrons. The van der Waals surface area contributed by atoms with Crippen LogP contribution in [-0.4, -0.2) is 31.1 Å². The Morgan fingerprint density at radius 3 is 2.17 bits per heavy atom. The fraction of sp³-hybridized carbons (Fsp3) is 0.625. The van der Waals surface area contributed by atoms with Crippen molar-refractivity contribution < 1.29 is 13.2 Å². The second-order valence-corrected chi connectivity index (χ2v) is 6.04. The van der Waals surface area contributed by atoms with Crippen molar-refractivity contribution in [2.24, 2.45) is 5.92 Å². The Labute approximate surface area is 148 Å². The fourth-order valence-electron chi connectivity index (χ4n) is 2.82. The molecule has 1 fully saturated rings. The average molecular weight is 373 g/mol. The molecule has 2 rings (SSSR count). The van der Waals surface area contributed by atoms with Crippen molar-refractivity contribution in [3.05, 3.63) is 35.1 Å². The van der Waals surface area contributed by atoms with Gasteiger partial charge in [0.25, 0.3) is 0 Å². The van der Waals surface area contributed by atoms with Gasteiger partial charge in [-0.3, -0.25) is 4.90 Å². The summed E-state index contributed by atoms with van der Waals surface area (Å²) in [5.41, 5.74) is 0.274. The summed E-state index contributed by atoms with van der Waals surface area (Å²) >= 11 is 0. The van der Waals surface area contributed by atoms with Gasteiger partial charge in [-0.05, 0) is 24.8 Å². The molecule has 0 spiro atoms. The van der Waals surface area contributed by atoms with Crippen molar-refractivity contribution in [1.29, 1.82) is 0 Å². The van der Waals surface area contributed by atoms with Crippen molar-refractivity contribution in [2.45, 2.75) is 32.7 Å². The number of nitrogens with zero attached hydrogens (tertiary/aromatic N) is 1. The Kier molecular flexibility index (Phi) is 10.2. The van der Waals surface area contributed by atoms with E-state index in [1.807, 2.05) is 0 Å². The van der Waals surface area contributed by atoms with Crippen LogP contribution in [-0.2, 0) is 0 Å². The maximum Gasteiger partial charge on any atom is 0.194 e. The van der Waals surface area contributed by atoms with E-state index in [1.165, 1.54) is 6.07 Å². The third-order valence-corrected chi connectivity index (χ3v) is 4.03. The number of hydrogen-bond acceptors (Lipinski definition) is 2. The molecular formula is C16H25Cl2F3N2. The van der Waals surface area contributed by atoms with E-state index >= 15 is 0 Å². The monoisotopic (exact) mass is 372 g/mol. The lowest BCUT2D eigenvalue weighted by molar-refractivity contribution is 0.155. The first-order chi connectivity index (χ1) is 10.0. The molecule has 23 heavy (non-hydrogen) atoms. The first-order valence-corrected chi connectivity index (χ1v) is 7.59. The van der Waals surface area contributed by atoms with E-state index in [0.717, 1.165) is 45.1 Å². The molecule has 1 atom stereocenters. The molecule has 1 aromatic carbocycles. The predicted molar refractivity (Wildman–Crippen MR) is 92.1 cm³/mol. The quantitative estimate of drug-likeness (QED) is 0.773. The highest BCUT2D eigenvalue weighted by Crippen LogP contribution is 2.31. The average Bonchev–Trinajstić information content (AvgIpc) is 2.48. The Hall–Kier alpha value is -0.490. The van der Waals surface area contributed by atoms with Gasteiger partial charge in [0.05, 0.1) is 0 Å². The van der Waals surface area contributed by atoms with E-state index in [0.29, 0.717) is 5.92 Å². The zero-order valence-corrected chi connectivity index (χ0v) is 15.1. The maximum absolute atomic E-state index is 14.1. The normalized spacial score (nSPS) is 16.6. The summed E-state index contributed by atoms with van der Waals surface area (Å²) in [7, 11) is 0. The SMILES string of the molecule is CC(C)CC[C@H](c1ccc(F)c(F)c1F)N1CCNCC1.Cl.Cl. The molecule has 1 N–H and O–H groups in total. The molecular weight excluding hydrogens is 348 g/mol. The van der Waals surface area contributed by atoms with E-state index in [4.69, 9.17) is 0 Å². The molecule has 1 aliphatic rings. The van der Waals surface area contributed by atoms with Gasteiger partial charge in [-0.15, -0.1) is 24.8 Å². The molecule has 0 saturated carbocycles. The number of piperazine rings is 1. The molecule has 2 nitrogen and oxygen atoms in total. The summed E-state index contributed by atoms with van der Waals surface area (Å²) in [6, 6.07) is 2.23. The Balaban J connectivity index is 0.00000242. The summed E-state index contributed by atoms with van der Waals surface area (Å²) in [5.74, 6) is -3.04. The number of benzene rings is 1. The standard InChI is InChI=1S/C16H23F3N2.2ClH/c1-11(2)3-6-14(21-9-7-20-8-10-21)12-4-5-13(17)16(19)15(12)18;;/h4-5,11,14,20H,3,6-10H2,1-2H3;2*1H/t14-;;/m1../s1. The molecule has 1 heterocycles. The zero-order chi connectivity index (χ0) is 15.4. The van der Waals surface area contributed by atoms with E-state index in [2.05, 4.69) is 24.1 Å². The molecule has 7 heteroatoms. The molecule has 0 radical (unpaired) electrons. The highest BCUT2D eigenvalue weighted by Gasteiger charge is 2.27. The van der Waals surface area contributed by atoms with Crippen LogP contribution < -0.4 is 5.32 Å². The predicted octanol–water partition coefficient (Wildman–Crippen LogP) is 4.33. The van der Waals surface area contributed by atoms with Gasteiger partial charge in [-0.2, -0.15) is 0 Å². The van der Waals surface area contributed by atoms with Crippen molar-refractivity contribution in [2.75, 3.05) is 26.2 Å². The topological polar surface area (TPSA) is 15.3 Å². The van der Waals surface area contributed by atoms with Crippen LogP contribution in [0.3, 0.4) is 0 Å². The lowest BCUT2D eigenvalue weighted by Crippen LogP contribution is -2.45. The summed E-state index contributed by atoms with van der Waals surface area (Å²) in [4.78, 5) is 2.16. The van der Waals surface area contributed by atoms with E-state index in [-0.39, 0.29) is 36.4 Å². The van der Waals surface area contributed by atoms with Crippen LogP contribution in [0.2, 0.25) is 0 Å². The fourth-order valence-corrected chi connectivity index (χ4v) is 2.82. The molecule has 0 aliphatic carbocycles. The highest BCUT2D eigenvalue weighted by atomic mass is 35.5. The second kappa shape index (κ2) is 10.4. The lowest BCUT2D eigenvalue weighted by atomic mass is 9.95. The van der Waals surface area contributed by atoms with E-state index in [1.54, 1.807) is 0 Å². The largest absolute Gasteiger partial charge is 0.314 e. The summed E-state index contributed by atoms with van der Waals surface area (Å²) < 4.78 is 40.8. The van der Waals surface area contributed by atoms with Crippen molar-refractivity contribution in [3.63, 3.8) is 0 Å². The molecule has 1 saturated heterocycles. The van der Waals surface area contributed by atoms with Gasteiger partial charge in [0.15, 0.2) is 17.5 Å². The van der Waals surface area contributed by atoms with Crippen LogP contribution in [0, 0.1) is 23.4 Å². The smallest absolute Gasteiger partial charge is 0.194 e. The maximum atomic E-state index is 14.1. The van der Waals surface area contributed by atoms with Gasteiger partial charge in [0.1, 0.15) is 0 Å². The van der Waals surface area contributed by atoms with Gasteiger partial charge in [0, 0.05) is 37.8 Å². The van der Waals surface area contributed by atoms with E-state index < -0.39 is 17.5 Å². The minimum atomic E-state index is -1.36. The molecule has 1 aromatic rings. The number of rotatable bonds is 5. The second-order valence-electron chi connectivity index (χ2n) is 6.04. The van der Waals surface area contributed by atoms with Crippen LogP contribution in [0.25, 0.3) is 0 Å². The van der Waals surface area contributed by atoms with Crippen LogP contribution in [0.5, 0.6) is 0 Å². The minimum Gasteiger partial charge on any atom is -0.314 e. The molecule has 0 aromatic heterocycles. The van der Waals surface area contributed by atoms with Gasteiger partial charge >= 0.3 is 0 Å². The van der Waals surface area contributed by atoms with Crippen molar-refractivity contribution >= 4 is 24.8 Å². The van der Waals surface area contributed by atoms with Crippen molar-refractivity contribution in [3.8, 4) is 0 Å². The lowest BCUT2D eigenvalue weighted by Gasteiger charge is -2.35. The third-order valence-electron chi connectivity index (χ3n) is 4.03. The van der Waals surface area contributed by atoms with Gasteiger partial charge in [0.2, 0.25) is 0 Å².